The van der Waals surface area contributed by atoms with Crippen LogP contribution in [0.15, 0.2) is 48.5 Å². The Balaban J connectivity index is 0.000000320. The minimum Gasteiger partial charge on any atom is -0.388 e. The van der Waals surface area contributed by atoms with Gasteiger partial charge >= 0.3 is 0 Å². The standard InChI is InChI=1S/C14H21ClO.C14H19ClO/c2*1-14(2,3)12-8-6-11(7-9-12)13(16)5-4-10-15/h6-9,13,16H,4-5,10H2,1-3H3;6-9H,4-5,10H2,1-3H3/t13-;/m0./s1. The summed E-state index contributed by atoms with van der Waals surface area (Å²) in [5.74, 6) is 1.34. The van der Waals surface area contributed by atoms with E-state index in [0.717, 1.165) is 30.4 Å². The van der Waals surface area contributed by atoms with E-state index in [0.29, 0.717) is 18.2 Å². The first-order valence-electron chi connectivity index (χ1n) is 11.4. The van der Waals surface area contributed by atoms with Gasteiger partial charge in [0.2, 0.25) is 0 Å². The number of halogens is 2. The normalized spacial score (nSPS) is 12.7. The predicted molar refractivity (Wildman–Crippen MR) is 139 cm³/mol. The molecule has 0 aromatic heterocycles. The number of alkyl halides is 2. The Labute approximate surface area is 205 Å². The van der Waals surface area contributed by atoms with Crippen LogP contribution in [-0.2, 0) is 10.8 Å². The summed E-state index contributed by atoms with van der Waals surface area (Å²) in [6, 6.07) is 16.1. The largest absolute Gasteiger partial charge is 0.388 e. The van der Waals surface area contributed by atoms with Gasteiger partial charge < -0.3 is 5.11 Å². The number of carbonyl (C=O) groups is 1. The van der Waals surface area contributed by atoms with Gasteiger partial charge in [-0.15, -0.1) is 23.2 Å². The first-order valence-corrected chi connectivity index (χ1v) is 12.5. The van der Waals surface area contributed by atoms with Crippen LogP contribution < -0.4 is 0 Å². The van der Waals surface area contributed by atoms with Gasteiger partial charge in [0.1, 0.15) is 0 Å². The molecule has 32 heavy (non-hydrogen) atoms. The number of carbonyl (C=O) groups excluding carboxylic acids is 1. The number of Topliss-reactive ketones (excluding diaryl/α,β-unsaturated/α-hetero) is 1. The molecule has 2 aromatic carbocycles. The van der Waals surface area contributed by atoms with E-state index in [2.05, 4.69) is 53.7 Å². The minimum absolute atomic E-state index is 0.137. The third-order valence-corrected chi connectivity index (χ3v) is 5.92. The second-order valence-electron chi connectivity index (χ2n) is 10.3. The zero-order chi connectivity index (χ0) is 24.4. The summed E-state index contributed by atoms with van der Waals surface area (Å²) in [5.41, 5.74) is 4.62. The highest BCUT2D eigenvalue weighted by atomic mass is 35.5. The number of benzene rings is 2. The van der Waals surface area contributed by atoms with Crippen LogP contribution in [0.5, 0.6) is 0 Å². The maximum Gasteiger partial charge on any atom is 0.162 e. The third-order valence-electron chi connectivity index (χ3n) is 5.38. The summed E-state index contributed by atoms with van der Waals surface area (Å²) in [7, 11) is 0. The molecule has 2 rings (SSSR count). The Morgan fingerprint density at radius 3 is 1.62 bits per heavy atom. The van der Waals surface area contributed by atoms with Crippen LogP contribution in [0, 0.1) is 0 Å². The van der Waals surface area contributed by atoms with Crippen LogP contribution in [-0.4, -0.2) is 22.6 Å². The zero-order valence-electron chi connectivity index (χ0n) is 20.6. The van der Waals surface area contributed by atoms with E-state index in [1.54, 1.807) is 0 Å². The highest BCUT2D eigenvalue weighted by Crippen LogP contribution is 2.25. The summed E-state index contributed by atoms with van der Waals surface area (Å²) >= 11 is 11.2. The van der Waals surface area contributed by atoms with Crippen molar-refractivity contribution in [3.63, 3.8) is 0 Å². The number of rotatable bonds is 8. The molecule has 0 unspecified atom stereocenters. The van der Waals surface area contributed by atoms with Crippen molar-refractivity contribution in [3.05, 3.63) is 70.8 Å². The fourth-order valence-corrected chi connectivity index (χ4v) is 3.46. The Morgan fingerprint density at radius 1 is 0.781 bits per heavy atom. The number of aliphatic hydroxyl groups is 1. The van der Waals surface area contributed by atoms with Crippen molar-refractivity contribution < 1.29 is 9.90 Å². The highest BCUT2D eigenvalue weighted by Gasteiger charge is 2.15. The summed E-state index contributed by atoms with van der Waals surface area (Å²) in [6.45, 7) is 13.1. The number of aliphatic hydroxyl groups excluding tert-OH is 1. The lowest BCUT2D eigenvalue weighted by Crippen LogP contribution is -2.11. The van der Waals surface area contributed by atoms with Crippen molar-refractivity contribution in [2.75, 3.05) is 11.8 Å². The monoisotopic (exact) mass is 478 g/mol. The van der Waals surface area contributed by atoms with Gasteiger partial charge in [0.05, 0.1) is 6.10 Å². The van der Waals surface area contributed by atoms with Gasteiger partial charge in [-0.2, -0.15) is 0 Å². The molecule has 4 heteroatoms. The molecule has 1 atom stereocenters. The summed E-state index contributed by atoms with van der Waals surface area (Å²) < 4.78 is 0. The fourth-order valence-electron chi connectivity index (χ4n) is 3.17. The lowest BCUT2D eigenvalue weighted by Gasteiger charge is -2.20. The summed E-state index contributed by atoms with van der Waals surface area (Å²) in [4.78, 5) is 11.7. The molecule has 0 aliphatic heterocycles. The molecule has 2 aromatic rings. The minimum atomic E-state index is -0.382. The van der Waals surface area contributed by atoms with Gasteiger partial charge in [0.15, 0.2) is 5.78 Å². The van der Waals surface area contributed by atoms with Gasteiger partial charge in [0, 0.05) is 23.7 Å². The molecule has 0 spiro atoms. The van der Waals surface area contributed by atoms with Crippen molar-refractivity contribution in [1.82, 2.24) is 0 Å². The number of hydrogen-bond acceptors (Lipinski definition) is 2. The first kappa shape index (κ1) is 28.7. The van der Waals surface area contributed by atoms with Gasteiger partial charge in [-0.1, -0.05) is 90.1 Å². The molecule has 0 fully saturated rings. The Hall–Kier alpha value is -1.35. The molecule has 178 valence electrons. The van der Waals surface area contributed by atoms with Gasteiger partial charge in [-0.3, -0.25) is 4.79 Å². The Morgan fingerprint density at radius 2 is 1.22 bits per heavy atom. The molecular formula is C28H40Cl2O2. The molecule has 1 N–H and O–H groups in total. The smallest absolute Gasteiger partial charge is 0.162 e. The predicted octanol–water partition coefficient (Wildman–Crippen LogP) is 8.22. The quantitative estimate of drug-likeness (QED) is 0.306. The topological polar surface area (TPSA) is 37.3 Å². The zero-order valence-corrected chi connectivity index (χ0v) is 22.1. The van der Waals surface area contributed by atoms with E-state index in [-0.39, 0.29) is 22.7 Å². The lowest BCUT2D eigenvalue weighted by atomic mass is 9.86. The lowest BCUT2D eigenvalue weighted by molar-refractivity contribution is 0.0982. The van der Waals surface area contributed by atoms with Gasteiger partial charge in [-0.05, 0) is 46.8 Å². The second kappa shape index (κ2) is 13.4. The third kappa shape index (κ3) is 10.1. The van der Waals surface area contributed by atoms with Crippen LogP contribution in [0.1, 0.15) is 100 Å². The second-order valence-corrected chi connectivity index (χ2v) is 11.0. The van der Waals surface area contributed by atoms with E-state index in [1.807, 2.05) is 36.4 Å². The van der Waals surface area contributed by atoms with Crippen molar-refractivity contribution >= 4 is 29.0 Å². The molecule has 0 saturated carbocycles. The average molecular weight is 480 g/mol. The molecule has 2 nitrogen and oxygen atoms in total. The van der Waals surface area contributed by atoms with E-state index >= 15 is 0 Å². The summed E-state index contributed by atoms with van der Waals surface area (Å²) in [6.07, 6.45) is 2.50. The van der Waals surface area contributed by atoms with E-state index < -0.39 is 0 Å². The molecule has 0 radical (unpaired) electrons. The van der Waals surface area contributed by atoms with Crippen LogP contribution in [0.2, 0.25) is 0 Å². The Kier molecular flexibility index (Phi) is 12.0. The van der Waals surface area contributed by atoms with E-state index in [1.165, 1.54) is 11.1 Å². The molecule has 0 amide bonds. The summed E-state index contributed by atoms with van der Waals surface area (Å²) in [5, 5.41) is 9.89. The van der Waals surface area contributed by atoms with Crippen LogP contribution in [0.4, 0.5) is 0 Å². The molecule has 0 aliphatic carbocycles. The molecule has 0 aliphatic rings. The van der Waals surface area contributed by atoms with Crippen LogP contribution in [0.25, 0.3) is 0 Å². The van der Waals surface area contributed by atoms with Crippen molar-refractivity contribution in [2.45, 2.75) is 84.2 Å². The average Bonchev–Trinajstić information content (AvgIpc) is 2.75. The van der Waals surface area contributed by atoms with Crippen LogP contribution >= 0.6 is 23.2 Å². The fraction of sp³-hybridized carbons (Fsp3) is 0.536. The van der Waals surface area contributed by atoms with E-state index in [4.69, 9.17) is 23.2 Å². The molecule has 0 saturated heterocycles. The maximum absolute atomic E-state index is 11.7. The highest BCUT2D eigenvalue weighted by molar-refractivity contribution is 6.18. The van der Waals surface area contributed by atoms with E-state index in [9.17, 15) is 9.90 Å². The first-order chi connectivity index (χ1) is 14.9. The van der Waals surface area contributed by atoms with Crippen molar-refractivity contribution in [1.29, 1.82) is 0 Å². The number of hydrogen-bond donors (Lipinski definition) is 1. The molecule has 0 heterocycles. The Bertz CT molecular complexity index is 797. The van der Waals surface area contributed by atoms with Crippen molar-refractivity contribution in [2.24, 2.45) is 0 Å². The molecular weight excluding hydrogens is 439 g/mol. The van der Waals surface area contributed by atoms with Gasteiger partial charge in [-0.25, -0.2) is 0 Å². The molecule has 0 bridgehead atoms. The SMILES string of the molecule is CC(C)(C)c1ccc(C(=O)CCCCl)cc1.CC(C)(C)c1ccc([C@@H](O)CCCCl)cc1. The van der Waals surface area contributed by atoms with Gasteiger partial charge in [0.25, 0.3) is 0 Å². The van der Waals surface area contributed by atoms with Crippen LogP contribution in [0.3, 0.4) is 0 Å². The maximum atomic E-state index is 11.7. The number of ketones is 1. The van der Waals surface area contributed by atoms with Crippen molar-refractivity contribution in [3.8, 4) is 0 Å².